The topological polar surface area (TPSA) is 24.9 Å². The third-order valence-corrected chi connectivity index (χ3v) is 7.61. The zero-order chi connectivity index (χ0) is 35.1. The van der Waals surface area contributed by atoms with Crippen LogP contribution in [0.1, 0.15) is 0 Å². The van der Waals surface area contributed by atoms with Gasteiger partial charge in [-0.15, -0.1) is 0 Å². The lowest BCUT2D eigenvalue weighted by atomic mass is 10.0. The van der Waals surface area contributed by atoms with Crippen molar-refractivity contribution in [1.82, 2.24) is 0 Å². The molecular formula is C40H30F6N2O2. The highest BCUT2D eigenvalue weighted by atomic mass is 19.4. The molecule has 10 heteroatoms. The van der Waals surface area contributed by atoms with Gasteiger partial charge in [-0.3, -0.25) is 0 Å². The zero-order valence-corrected chi connectivity index (χ0v) is 26.4. The van der Waals surface area contributed by atoms with Crippen molar-refractivity contribution < 1.29 is 35.8 Å². The van der Waals surface area contributed by atoms with E-state index in [1.54, 1.807) is 36.4 Å². The van der Waals surface area contributed by atoms with Gasteiger partial charge in [0.2, 0.25) is 0 Å². The Morgan fingerprint density at radius 2 is 0.660 bits per heavy atom. The SMILES string of the molecule is FC(F)(F)COc1ccccc1N(c1ccccc1)c1ccc(-c2ccc(N(c3ccccc3)c3ccccc3OCC(F)(F)F)cc2)cc1. The quantitative estimate of drug-likeness (QED) is 0.127. The fourth-order valence-electron chi connectivity index (χ4n) is 5.46. The van der Waals surface area contributed by atoms with Gasteiger partial charge in [0.1, 0.15) is 11.5 Å². The van der Waals surface area contributed by atoms with Crippen LogP contribution in [0.25, 0.3) is 11.1 Å². The van der Waals surface area contributed by atoms with Gasteiger partial charge < -0.3 is 19.3 Å². The molecule has 0 spiro atoms. The third kappa shape index (κ3) is 8.38. The van der Waals surface area contributed by atoms with Gasteiger partial charge in [0, 0.05) is 22.7 Å². The first-order chi connectivity index (χ1) is 24.1. The smallest absolute Gasteiger partial charge is 0.422 e. The first kappa shape index (κ1) is 34.0. The van der Waals surface area contributed by atoms with Crippen molar-refractivity contribution >= 4 is 34.1 Å². The van der Waals surface area contributed by atoms with Crippen LogP contribution in [0.4, 0.5) is 60.5 Å². The van der Waals surface area contributed by atoms with Gasteiger partial charge in [0.05, 0.1) is 11.4 Å². The standard InChI is InChI=1S/C40H30F6N2O2/c41-39(42,43)27-49-37-17-9-7-15-35(37)47(31-11-3-1-4-12-31)33-23-19-29(20-24-33)30-21-25-34(26-22-30)48(32-13-5-2-6-14-32)36-16-8-10-18-38(36)50-28-40(44,45)46/h1-26H,27-28H2. The molecule has 50 heavy (non-hydrogen) atoms. The number of alkyl halides is 6. The summed E-state index contributed by atoms with van der Waals surface area (Å²) in [4.78, 5) is 3.66. The number of hydrogen-bond acceptors (Lipinski definition) is 4. The second kappa shape index (κ2) is 14.7. The Balaban J connectivity index is 1.32. The summed E-state index contributed by atoms with van der Waals surface area (Å²) in [5, 5.41) is 0. The average molecular weight is 685 g/mol. The van der Waals surface area contributed by atoms with Gasteiger partial charge in [-0.1, -0.05) is 84.9 Å². The highest BCUT2D eigenvalue weighted by Crippen LogP contribution is 2.43. The Morgan fingerprint density at radius 1 is 0.360 bits per heavy atom. The van der Waals surface area contributed by atoms with Gasteiger partial charge in [-0.25, -0.2) is 0 Å². The normalized spacial score (nSPS) is 11.6. The number of hydrogen-bond donors (Lipinski definition) is 0. The number of halogens is 6. The van der Waals surface area contributed by atoms with Crippen molar-refractivity contribution in [3.63, 3.8) is 0 Å². The van der Waals surface area contributed by atoms with Crippen LogP contribution in [0.5, 0.6) is 11.5 Å². The predicted molar refractivity (Wildman–Crippen MR) is 184 cm³/mol. The number of ether oxygens (including phenoxy) is 2. The Bertz CT molecular complexity index is 1840. The number of anilines is 6. The Labute approximate surface area is 285 Å². The van der Waals surface area contributed by atoms with E-state index in [1.165, 1.54) is 12.1 Å². The van der Waals surface area contributed by atoms with Crippen LogP contribution in [0, 0.1) is 0 Å². The number of para-hydroxylation sites is 6. The van der Waals surface area contributed by atoms with Crippen molar-refractivity contribution in [1.29, 1.82) is 0 Å². The number of benzene rings is 6. The minimum atomic E-state index is -4.50. The summed E-state index contributed by atoms with van der Waals surface area (Å²) in [7, 11) is 0. The third-order valence-electron chi connectivity index (χ3n) is 7.61. The Hall–Kier alpha value is -5.90. The molecule has 0 unspecified atom stereocenters. The molecule has 0 N–H and O–H groups in total. The molecule has 6 rings (SSSR count). The molecule has 0 heterocycles. The lowest BCUT2D eigenvalue weighted by Gasteiger charge is -2.28. The molecule has 0 fully saturated rings. The van der Waals surface area contributed by atoms with Gasteiger partial charge in [0.15, 0.2) is 13.2 Å². The van der Waals surface area contributed by atoms with E-state index >= 15 is 0 Å². The van der Waals surface area contributed by atoms with Crippen LogP contribution in [0.3, 0.4) is 0 Å². The van der Waals surface area contributed by atoms with Crippen molar-refractivity contribution in [3.05, 3.63) is 158 Å². The Kier molecular flexibility index (Phi) is 9.99. The second-order valence-corrected chi connectivity index (χ2v) is 11.2. The molecule has 4 nitrogen and oxygen atoms in total. The minimum Gasteiger partial charge on any atom is -0.482 e. The lowest BCUT2D eigenvalue weighted by molar-refractivity contribution is -0.154. The van der Waals surface area contributed by atoms with Crippen LogP contribution < -0.4 is 19.3 Å². The predicted octanol–water partition coefficient (Wildman–Crippen LogP) is 12.2. The molecule has 0 bridgehead atoms. The molecule has 0 saturated heterocycles. The molecular weight excluding hydrogens is 654 g/mol. The van der Waals surface area contributed by atoms with Crippen LogP contribution in [-0.2, 0) is 0 Å². The van der Waals surface area contributed by atoms with Crippen molar-refractivity contribution in [2.75, 3.05) is 23.0 Å². The van der Waals surface area contributed by atoms with E-state index in [4.69, 9.17) is 9.47 Å². The summed E-state index contributed by atoms with van der Waals surface area (Å²) >= 11 is 0. The molecule has 6 aromatic carbocycles. The van der Waals surface area contributed by atoms with Crippen LogP contribution in [0.15, 0.2) is 158 Å². The van der Waals surface area contributed by atoms with Crippen LogP contribution in [0.2, 0.25) is 0 Å². The summed E-state index contributed by atoms with van der Waals surface area (Å²) in [6.45, 7) is -2.84. The first-order valence-corrected chi connectivity index (χ1v) is 15.5. The molecule has 0 aliphatic heterocycles. The molecule has 0 radical (unpaired) electrons. The Morgan fingerprint density at radius 3 is 1.00 bits per heavy atom. The van der Waals surface area contributed by atoms with Crippen molar-refractivity contribution in [3.8, 4) is 22.6 Å². The summed E-state index contributed by atoms with van der Waals surface area (Å²) < 4.78 is 88.9. The van der Waals surface area contributed by atoms with E-state index in [0.29, 0.717) is 22.7 Å². The molecule has 0 saturated carbocycles. The lowest BCUT2D eigenvalue weighted by Crippen LogP contribution is -2.20. The molecule has 0 aliphatic carbocycles. The van der Waals surface area contributed by atoms with Crippen LogP contribution in [-0.4, -0.2) is 25.6 Å². The minimum absolute atomic E-state index is 0.0849. The zero-order valence-electron chi connectivity index (χ0n) is 26.4. The highest BCUT2D eigenvalue weighted by Gasteiger charge is 2.30. The van der Waals surface area contributed by atoms with Gasteiger partial charge in [-0.2, -0.15) is 26.3 Å². The van der Waals surface area contributed by atoms with E-state index < -0.39 is 25.6 Å². The van der Waals surface area contributed by atoms with E-state index in [-0.39, 0.29) is 11.5 Å². The molecule has 254 valence electrons. The van der Waals surface area contributed by atoms with Gasteiger partial charge in [0.25, 0.3) is 0 Å². The summed E-state index contributed by atoms with van der Waals surface area (Å²) in [5.74, 6) is 0.170. The van der Waals surface area contributed by atoms with E-state index in [9.17, 15) is 26.3 Å². The second-order valence-electron chi connectivity index (χ2n) is 11.2. The monoisotopic (exact) mass is 684 g/mol. The fraction of sp³-hybridized carbons (Fsp3) is 0.100. The van der Waals surface area contributed by atoms with Crippen molar-refractivity contribution in [2.24, 2.45) is 0 Å². The molecule has 0 aromatic heterocycles. The maximum atomic E-state index is 13.1. The summed E-state index contributed by atoms with van der Waals surface area (Å²) in [6, 6.07) is 46.8. The first-order valence-electron chi connectivity index (χ1n) is 15.5. The summed E-state index contributed by atoms with van der Waals surface area (Å²) in [5.41, 5.74) is 5.49. The maximum absolute atomic E-state index is 13.1. The molecule has 0 atom stereocenters. The van der Waals surface area contributed by atoms with Gasteiger partial charge in [-0.05, 0) is 83.9 Å². The molecule has 6 aromatic rings. The fourth-order valence-corrected chi connectivity index (χ4v) is 5.46. The average Bonchev–Trinajstić information content (AvgIpc) is 3.12. The summed E-state index contributed by atoms with van der Waals surface area (Å²) in [6.07, 6.45) is -8.99. The number of nitrogens with zero attached hydrogens (tertiary/aromatic N) is 2. The molecule has 0 aliphatic rings. The van der Waals surface area contributed by atoms with E-state index in [2.05, 4.69) is 0 Å². The largest absolute Gasteiger partial charge is 0.482 e. The maximum Gasteiger partial charge on any atom is 0.422 e. The van der Waals surface area contributed by atoms with Crippen LogP contribution >= 0.6 is 0 Å². The number of rotatable bonds is 11. The van der Waals surface area contributed by atoms with E-state index in [0.717, 1.165) is 22.5 Å². The van der Waals surface area contributed by atoms with Crippen molar-refractivity contribution in [2.45, 2.75) is 12.4 Å². The van der Waals surface area contributed by atoms with E-state index in [1.807, 2.05) is 119 Å². The highest BCUT2D eigenvalue weighted by molar-refractivity contribution is 5.83. The molecule has 0 amide bonds. The van der Waals surface area contributed by atoms with Gasteiger partial charge >= 0.3 is 12.4 Å².